The second-order valence-electron chi connectivity index (χ2n) is 30.6. The first kappa shape index (κ1) is 99.1. The molecule has 668 valence electrons. The monoisotopic (exact) mass is 1700 g/mol. The number of carbonyl (C=O) groups is 18. The highest BCUT2D eigenvalue weighted by molar-refractivity contribution is 6.02. The number of carboxylic acids is 2. The van der Waals surface area contributed by atoms with Crippen LogP contribution in [0.4, 0.5) is 0 Å². The Labute approximate surface area is 692 Å². The van der Waals surface area contributed by atoms with E-state index in [1.54, 1.807) is 13.8 Å². The number of phenols is 1. The summed E-state index contributed by atoms with van der Waals surface area (Å²) in [6.45, 7) is 3.30. The molecule has 1 aromatic rings. The van der Waals surface area contributed by atoms with Gasteiger partial charge in [-0.2, -0.15) is 0 Å². The van der Waals surface area contributed by atoms with Gasteiger partial charge < -0.3 is 138 Å². The predicted octanol–water partition coefficient (Wildman–Crippen LogP) is -8.86. The van der Waals surface area contributed by atoms with Gasteiger partial charge in [0.1, 0.15) is 90.3 Å². The van der Waals surface area contributed by atoms with Gasteiger partial charge in [0.05, 0.1) is 32.1 Å². The normalized spacial score (nSPS) is 19.0. The van der Waals surface area contributed by atoms with E-state index >= 15 is 0 Å². The Balaban J connectivity index is 1.27. The van der Waals surface area contributed by atoms with Crippen LogP contribution < -0.4 is 93.3 Å². The SMILES string of the molecule is CC(C)C[C@H](NC(=O)[C@H](C)NC(=O)[C@@H]1CCCN1C(=O)[C@@H]1CCCN1C(=O)[C@@H]1CCCN1C(=O)[C@H](CO)NC(=O)[C@H](CC(N)=O)NC(=O)[C@@H](N)CC(=O)O)C(=O)N1CCC[C@H]1C(=O)N[C@@H](CCCCN)C(=O)N[C@@H](CCCCN)C(=O)N[C@@H](CCCN=C(N)N)C(=O)N[C@@H](CCC(N)=O)C(=O)N[C@@H](CO)C(=O)N[C@@H](Cc1ccc(O)cc1)C(=O)O. The number of hydrogen-bond acceptors (Lipinski definition) is 25. The molecule has 0 spiro atoms. The molecule has 29 N–H and O–H groups in total. The van der Waals surface area contributed by atoms with Gasteiger partial charge in [-0.3, -0.25) is 86.5 Å². The lowest BCUT2D eigenvalue weighted by molar-refractivity contribution is -0.151. The van der Waals surface area contributed by atoms with E-state index in [0.717, 1.165) is 4.90 Å². The van der Waals surface area contributed by atoms with Crippen molar-refractivity contribution in [3.05, 3.63) is 29.8 Å². The Bertz CT molecular complexity index is 3810. The average molecular weight is 1700 g/mol. The van der Waals surface area contributed by atoms with Crippen molar-refractivity contribution in [2.45, 2.75) is 253 Å². The van der Waals surface area contributed by atoms with Gasteiger partial charge >= 0.3 is 11.9 Å². The number of hydrogen-bond donors (Lipinski definition) is 22. The molecule has 0 aromatic heterocycles. The number of rotatable bonds is 50. The molecule has 4 heterocycles. The second kappa shape index (κ2) is 49.2. The lowest BCUT2D eigenvalue weighted by Gasteiger charge is -2.35. The van der Waals surface area contributed by atoms with Gasteiger partial charge in [0.2, 0.25) is 94.5 Å². The highest BCUT2D eigenvalue weighted by atomic mass is 16.4. The van der Waals surface area contributed by atoms with Crippen molar-refractivity contribution in [1.29, 1.82) is 0 Å². The molecule has 0 radical (unpaired) electrons. The molecule has 5 rings (SSSR count). The van der Waals surface area contributed by atoms with Crippen molar-refractivity contribution in [3.8, 4) is 5.75 Å². The molecule has 0 aliphatic carbocycles. The Morgan fingerprint density at radius 1 is 0.442 bits per heavy atom. The molecule has 4 aliphatic rings. The van der Waals surface area contributed by atoms with Crippen molar-refractivity contribution in [3.63, 3.8) is 0 Å². The number of carbonyl (C=O) groups excluding carboxylic acids is 16. The number of unbranched alkanes of at least 4 members (excludes halogenated alkanes) is 2. The molecular formula is C75H120N22O23. The minimum absolute atomic E-state index is 0.0118. The van der Waals surface area contributed by atoms with E-state index in [1.165, 1.54) is 45.9 Å². The molecular weight excluding hydrogens is 1580 g/mol. The number of guanidine groups is 1. The maximum absolute atomic E-state index is 14.8. The van der Waals surface area contributed by atoms with Crippen molar-refractivity contribution in [1.82, 2.24) is 72.8 Å². The molecule has 45 heteroatoms. The number of aliphatic hydroxyl groups is 2. The highest BCUT2D eigenvalue weighted by Crippen LogP contribution is 2.30. The van der Waals surface area contributed by atoms with E-state index in [1.807, 2.05) is 0 Å². The van der Waals surface area contributed by atoms with Gasteiger partial charge in [-0.05, 0) is 159 Å². The van der Waals surface area contributed by atoms with Gasteiger partial charge in [-0.25, -0.2) is 4.79 Å². The van der Waals surface area contributed by atoms with E-state index in [4.69, 9.17) is 45.2 Å². The third kappa shape index (κ3) is 30.7. The summed E-state index contributed by atoms with van der Waals surface area (Å²) in [4.78, 5) is 255. The van der Waals surface area contributed by atoms with Crippen molar-refractivity contribution in [2.24, 2.45) is 51.0 Å². The molecule has 4 fully saturated rings. The molecule has 15 atom stereocenters. The zero-order chi connectivity index (χ0) is 89.2. The van der Waals surface area contributed by atoms with Gasteiger partial charge in [-0.1, -0.05) is 26.0 Å². The van der Waals surface area contributed by atoms with E-state index in [0.29, 0.717) is 44.1 Å². The number of benzene rings is 1. The van der Waals surface area contributed by atoms with Crippen LogP contribution in [0.25, 0.3) is 0 Å². The molecule has 0 bridgehead atoms. The number of phenolic OH excluding ortho intramolecular Hbond substituents is 1. The zero-order valence-electron chi connectivity index (χ0n) is 67.8. The number of aromatic hydroxyl groups is 1. The molecule has 4 aliphatic heterocycles. The number of aliphatic carboxylic acids is 2. The van der Waals surface area contributed by atoms with Gasteiger partial charge in [-0.15, -0.1) is 0 Å². The van der Waals surface area contributed by atoms with Crippen LogP contribution in [0.15, 0.2) is 29.3 Å². The fourth-order valence-electron chi connectivity index (χ4n) is 14.5. The first-order valence-corrected chi connectivity index (χ1v) is 40.3. The molecule has 1 aromatic carbocycles. The van der Waals surface area contributed by atoms with Crippen LogP contribution in [0.2, 0.25) is 0 Å². The van der Waals surface area contributed by atoms with E-state index in [2.05, 4.69) is 58.2 Å². The summed E-state index contributed by atoms with van der Waals surface area (Å²) in [6.07, 6.45) is -0.148. The third-order valence-corrected chi connectivity index (χ3v) is 20.8. The van der Waals surface area contributed by atoms with Gasteiger partial charge in [0, 0.05) is 45.6 Å². The molecule has 4 saturated heterocycles. The summed E-state index contributed by atoms with van der Waals surface area (Å²) >= 11 is 0. The van der Waals surface area contributed by atoms with Gasteiger partial charge in [0.25, 0.3) is 0 Å². The van der Waals surface area contributed by atoms with E-state index < -0.39 is 236 Å². The summed E-state index contributed by atoms with van der Waals surface area (Å²) in [5.41, 5.74) is 39.5. The topological polar surface area (TPSA) is 736 Å². The fraction of sp³-hybridized carbons (Fsp3) is 0.667. The average Bonchev–Trinajstić information content (AvgIpc) is 1.58. The van der Waals surface area contributed by atoms with Crippen LogP contribution in [0.1, 0.15) is 161 Å². The van der Waals surface area contributed by atoms with Crippen LogP contribution in [0, 0.1) is 5.92 Å². The van der Waals surface area contributed by atoms with Crippen LogP contribution in [0.5, 0.6) is 5.75 Å². The Morgan fingerprint density at radius 3 is 1.32 bits per heavy atom. The van der Waals surface area contributed by atoms with Crippen molar-refractivity contribution in [2.75, 3.05) is 59.0 Å². The lowest BCUT2D eigenvalue weighted by Crippen LogP contribution is -2.60. The van der Waals surface area contributed by atoms with Crippen LogP contribution >= 0.6 is 0 Å². The first-order chi connectivity index (χ1) is 56.8. The first-order valence-electron chi connectivity index (χ1n) is 40.3. The maximum atomic E-state index is 14.8. The highest BCUT2D eigenvalue weighted by Gasteiger charge is 2.48. The number of likely N-dealkylation sites (tertiary alicyclic amines) is 4. The van der Waals surface area contributed by atoms with E-state index in [-0.39, 0.29) is 140 Å². The second-order valence-corrected chi connectivity index (χ2v) is 30.6. The standard InChI is InChI=1S/C75H120N22O23/c1-39(2)33-49(90-60(105)40(3)84-68(113)53-16-10-30-95(53)72(117)56-19-12-32-97(56)73(118)55-18-11-31-96(55)71(116)52(38-99)93-66(111)48(36-58(80)102)89-61(106)43(78)35-59(103)104)70(115)94-29-9-17-54(94)69(114)88-45(14-5-7-27-77)63(108)85-44(13-4-6-26-76)62(107)86-46(15-8-28-83-75(81)82)64(109)87-47(24-25-57(79)101)65(110)92-51(37-98)67(112)91-50(74(119)120)34-41-20-22-42(100)23-21-41/h20-23,39-40,43-56,98-100H,4-19,24-38,76-78H2,1-3H3,(H2,79,101)(H2,80,102)(H,84,113)(H,85,108)(H,86,107)(H,87,109)(H,88,114)(H,89,106)(H,90,105)(H,91,112)(H,92,110)(H,93,111)(H,103,104)(H,119,120)(H4,81,82,83)/t40-,43-,44-,45-,46-,47-,48-,49-,50-,51-,52-,53-,54-,55-,56-/m0/s1. The van der Waals surface area contributed by atoms with Crippen LogP contribution in [-0.4, -0.2) is 307 Å². The summed E-state index contributed by atoms with van der Waals surface area (Å²) in [5.74, 6) is -18.1. The molecule has 0 saturated carbocycles. The molecule has 45 nitrogen and oxygen atoms in total. The quantitative estimate of drug-likeness (QED) is 0.0164. The summed E-state index contributed by atoms with van der Waals surface area (Å²) < 4.78 is 0. The minimum Gasteiger partial charge on any atom is -0.508 e. The summed E-state index contributed by atoms with van der Waals surface area (Å²) in [5, 5.41) is 74.1. The van der Waals surface area contributed by atoms with Crippen molar-refractivity contribution < 1.29 is 112 Å². The number of primary amides is 2. The Hall–Kier alpha value is -11.5. The van der Waals surface area contributed by atoms with Crippen LogP contribution in [0.3, 0.4) is 0 Å². The number of aliphatic imine (C=N–C) groups is 1. The number of nitrogens with zero attached hydrogens (tertiary/aromatic N) is 5. The fourth-order valence-corrected chi connectivity index (χ4v) is 14.5. The summed E-state index contributed by atoms with van der Waals surface area (Å²) in [6, 6.07) is -16.4. The molecule has 0 unspecified atom stereocenters. The van der Waals surface area contributed by atoms with E-state index in [9.17, 15) is 107 Å². The number of nitrogens with two attached hydrogens (primary N) is 7. The smallest absolute Gasteiger partial charge is 0.326 e. The van der Waals surface area contributed by atoms with Crippen LogP contribution in [-0.2, 0) is 92.7 Å². The molecule has 120 heavy (non-hydrogen) atoms. The largest absolute Gasteiger partial charge is 0.508 e. The number of aliphatic hydroxyl groups excluding tert-OH is 2. The van der Waals surface area contributed by atoms with Gasteiger partial charge in [0.15, 0.2) is 5.96 Å². The number of carboxylic acid groups (broad SMARTS) is 2. The Kier molecular flexibility index (Phi) is 40.6. The summed E-state index contributed by atoms with van der Waals surface area (Å²) in [7, 11) is 0. The maximum Gasteiger partial charge on any atom is 0.326 e. The zero-order valence-corrected chi connectivity index (χ0v) is 67.8. The minimum atomic E-state index is -1.82. The molecule has 16 amide bonds. The number of amides is 16. The third-order valence-electron chi connectivity index (χ3n) is 20.8. The van der Waals surface area contributed by atoms with Crippen molar-refractivity contribution >= 4 is 112 Å². The Morgan fingerprint density at radius 2 is 0.842 bits per heavy atom. The predicted molar refractivity (Wildman–Crippen MR) is 425 cm³/mol. The number of nitrogens with one attached hydrogen (secondary N) is 10. The lowest BCUT2D eigenvalue weighted by atomic mass is 10.0.